The van der Waals surface area contributed by atoms with Crippen molar-refractivity contribution in [3.8, 4) is 0 Å². The van der Waals surface area contributed by atoms with E-state index in [4.69, 9.17) is 0 Å². The molecule has 32 heavy (non-hydrogen) atoms. The van der Waals surface area contributed by atoms with Gasteiger partial charge in [-0.05, 0) is 42.8 Å². The third-order valence-electron chi connectivity index (χ3n) is 5.18. The summed E-state index contributed by atoms with van der Waals surface area (Å²) in [5.41, 5.74) is 4.18. The third kappa shape index (κ3) is 4.24. The second-order valence-corrected chi connectivity index (χ2v) is 7.36. The van der Waals surface area contributed by atoms with Gasteiger partial charge in [-0.25, -0.2) is 4.98 Å². The molecule has 4 rings (SSSR count). The maximum absolute atomic E-state index is 12.6. The van der Waals surface area contributed by atoms with Crippen LogP contribution in [0.15, 0.2) is 73.1 Å². The molecule has 1 N–H and O–H groups in total. The van der Waals surface area contributed by atoms with Crippen molar-refractivity contribution in [2.45, 2.75) is 13.5 Å². The van der Waals surface area contributed by atoms with Crippen LogP contribution in [0.1, 0.15) is 21.6 Å². The first kappa shape index (κ1) is 20.9. The van der Waals surface area contributed by atoms with Crippen LogP contribution in [-0.4, -0.2) is 27.8 Å². The SMILES string of the molecule is Cc1cc(NCc2ccc(N(C)C(=O)c3ccncc3)cc2)c2cccc([N+](=O)[O-])c2n1. The minimum atomic E-state index is -0.416. The lowest BCUT2D eigenvalue weighted by Crippen LogP contribution is -2.26. The normalized spacial score (nSPS) is 10.7. The number of nitrogens with one attached hydrogen (secondary N) is 1. The monoisotopic (exact) mass is 427 g/mol. The van der Waals surface area contributed by atoms with Gasteiger partial charge in [0.05, 0.1) is 4.92 Å². The Labute approximate surface area is 184 Å². The molecular weight excluding hydrogens is 406 g/mol. The van der Waals surface area contributed by atoms with Crippen molar-refractivity contribution in [1.82, 2.24) is 9.97 Å². The molecule has 8 heteroatoms. The van der Waals surface area contributed by atoms with Crippen molar-refractivity contribution < 1.29 is 9.72 Å². The fraction of sp³-hybridized carbons (Fsp3) is 0.125. The number of carbonyl (C=O) groups is 1. The van der Waals surface area contributed by atoms with Crippen LogP contribution in [0, 0.1) is 17.0 Å². The molecule has 0 saturated carbocycles. The van der Waals surface area contributed by atoms with E-state index in [1.807, 2.05) is 43.3 Å². The number of nitro groups is 1. The number of nitrogens with zero attached hydrogens (tertiary/aromatic N) is 4. The molecule has 160 valence electrons. The number of non-ortho nitro benzene ring substituents is 1. The number of rotatable bonds is 6. The van der Waals surface area contributed by atoms with Crippen LogP contribution in [0.3, 0.4) is 0 Å². The first-order valence-electron chi connectivity index (χ1n) is 9.99. The van der Waals surface area contributed by atoms with Gasteiger partial charge in [0.1, 0.15) is 0 Å². The third-order valence-corrected chi connectivity index (χ3v) is 5.18. The highest BCUT2D eigenvalue weighted by atomic mass is 16.6. The van der Waals surface area contributed by atoms with E-state index in [1.54, 1.807) is 42.5 Å². The van der Waals surface area contributed by atoms with Gasteiger partial charge in [-0.1, -0.05) is 24.3 Å². The lowest BCUT2D eigenvalue weighted by Gasteiger charge is -2.18. The summed E-state index contributed by atoms with van der Waals surface area (Å²) in [6.45, 7) is 2.33. The molecule has 0 bridgehead atoms. The predicted molar refractivity (Wildman–Crippen MR) is 124 cm³/mol. The van der Waals surface area contributed by atoms with E-state index in [1.165, 1.54) is 6.07 Å². The van der Waals surface area contributed by atoms with Gasteiger partial charge in [-0.3, -0.25) is 19.9 Å². The minimum Gasteiger partial charge on any atom is -0.380 e. The maximum atomic E-state index is 12.6. The number of hydrogen-bond acceptors (Lipinski definition) is 6. The topological polar surface area (TPSA) is 101 Å². The number of amides is 1. The first-order chi connectivity index (χ1) is 15.4. The zero-order valence-electron chi connectivity index (χ0n) is 17.6. The minimum absolute atomic E-state index is 0.0134. The summed E-state index contributed by atoms with van der Waals surface area (Å²) in [5.74, 6) is -0.112. The zero-order chi connectivity index (χ0) is 22.7. The Hall–Kier alpha value is -4.33. The highest BCUT2D eigenvalue weighted by molar-refractivity contribution is 6.05. The van der Waals surface area contributed by atoms with E-state index in [2.05, 4.69) is 15.3 Å². The molecule has 0 unspecified atom stereocenters. The Morgan fingerprint density at radius 2 is 1.81 bits per heavy atom. The number of anilines is 2. The lowest BCUT2D eigenvalue weighted by atomic mass is 10.1. The van der Waals surface area contributed by atoms with Crippen molar-refractivity contribution in [2.75, 3.05) is 17.3 Å². The Morgan fingerprint density at radius 1 is 1.09 bits per heavy atom. The standard InChI is InChI=1S/C24H21N5O3/c1-16-14-21(20-4-3-5-22(29(31)32)23(20)27-16)26-15-17-6-8-19(9-7-17)28(2)24(30)18-10-12-25-13-11-18/h3-14H,15H2,1-2H3,(H,26,27). The lowest BCUT2D eigenvalue weighted by molar-refractivity contribution is -0.383. The molecule has 2 aromatic carbocycles. The zero-order valence-corrected chi connectivity index (χ0v) is 17.6. The molecule has 2 heterocycles. The Bertz CT molecular complexity index is 1290. The van der Waals surface area contributed by atoms with Crippen LogP contribution < -0.4 is 10.2 Å². The molecule has 8 nitrogen and oxygen atoms in total. The predicted octanol–water partition coefficient (Wildman–Crippen LogP) is 4.74. The van der Waals surface area contributed by atoms with Gasteiger partial charge < -0.3 is 10.2 Å². The highest BCUT2D eigenvalue weighted by Crippen LogP contribution is 2.30. The fourth-order valence-electron chi connectivity index (χ4n) is 3.50. The summed E-state index contributed by atoms with van der Waals surface area (Å²) in [6, 6.07) is 17.8. The van der Waals surface area contributed by atoms with Crippen LogP contribution >= 0.6 is 0 Å². The summed E-state index contributed by atoms with van der Waals surface area (Å²) in [7, 11) is 1.73. The molecule has 2 aromatic heterocycles. The van der Waals surface area contributed by atoms with Gasteiger partial charge in [-0.2, -0.15) is 0 Å². The number of fused-ring (bicyclic) bond motifs is 1. The average Bonchev–Trinajstić information content (AvgIpc) is 2.82. The number of hydrogen-bond donors (Lipinski definition) is 1. The van der Waals surface area contributed by atoms with E-state index >= 15 is 0 Å². The molecular formula is C24H21N5O3. The summed E-state index contributed by atoms with van der Waals surface area (Å²) >= 11 is 0. The second-order valence-electron chi connectivity index (χ2n) is 7.36. The number of aryl methyl sites for hydroxylation is 1. The van der Waals surface area contributed by atoms with Gasteiger partial charge in [-0.15, -0.1) is 0 Å². The molecule has 0 aliphatic heterocycles. The number of carbonyl (C=O) groups excluding carboxylic acids is 1. The summed E-state index contributed by atoms with van der Waals surface area (Å²) < 4.78 is 0. The van der Waals surface area contributed by atoms with Crippen molar-refractivity contribution in [1.29, 1.82) is 0 Å². The molecule has 1 amide bonds. The van der Waals surface area contributed by atoms with Crippen LogP contribution in [0.5, 0.6) is 0 Å². The van der Waals surface area contributed by atoms with Crippen LogP contribution in [0.4, 0.5) is 17.1 Å². The van der Waals surface area contributed by atoms with Crippen LogP contribution in [0.25, 0.3) is 10.9 Å². The van der Waals surface area contributed by atoms with E-state index < -0.39 is 4.92 Å². The van der Waals surface area contributed by atoms with Gasteiger partial charge >= 0.3 is 0 Å². The van der Waals surface area contributed by atoms with E-state index in [9.17, 15) is 14.9 Å². The first-order valence-corrected chi connectivity index (χ1v) is 9.99. The smallest absolute Gasteiger partial charge is 0.295 e. The average molecular weight is 427 g/mol. The van der Waals surface area contributed by atoms with E-state index in [-0.39, 0.29) is 11.6 Å². The Kier molecular flexibility index (Phi) is 5.76. The molecule has 0 atom stereocenters. The van der Waals surface area contributed by atoms with Gasteiger partial charge in [0.2, 0.25) is 0 Å². The molecule has 4 aromatic rings. The summed E-state index contributed by atoms with van der Waals surface area (Å²) in [6.07, 6.45) is 3.18. The highest BCUT2D eigenvalue weighted by Gasteiger charge is 2.16. The number of aromatic nitrogens is 2. The van der Waals surface area contributed by atoms with Crippen molar-refractivity contribution in [3.05, 3.63) is 100.0 Å². The summed E-state index contributed by atoms with van der Waals surface area (Å²) in [4.78, 5) is 33.4. The van der Waals surface area contributed by atoms with Crippen molar-refractivity contribution in [2.24, 2.45) is 0 Å². The summed E-state index contributed by atoms with van der Waals surface area (Å²) in [5, 5.41) is 15.4. The van der Waals surface area contributed by atoms with Gasteiger partial charge in [0, 0.05) is 60.1 Å². The second kappa shape index (κ2) is 8.81. The van der Waals surface area contributed by atoms with Gasteiger partial charge in [0.25, 0.3) is 11.6 Å². The van der Waals surface area contributed by atoms with Crippen molar-refractivity contribution in [3.63, 3.8) is 0 Å². The number of para-hydroxylation sites is 1. The van der Waals surface area contributed by atoms with E-state index in [0.717, 1.165) is 16.9 Å². The molecule has 0 saturated heterocycles. The molecule has 0 fully saturated rings. The van der Waals surface area contributed by atoms with E-state index in [0.29, 0.717) is 28.7 Å². The molecule has 0 radical (unpaired) electrons. The quantitative estimate of drug-likeness (QED) is 0.352. The molecule has 0 aliphatic rings. The maximum Gasteiger partial charge on any atom is 0.295 e. The molecule has 0 spiro atoms. The largest absolute Gasteiger partial charge is 0.380 e. The van der Waals surface area contributed by atoms with Gasteiger partial charge in [0.15, 0.2) is 5.52 Å². The Morgan fingerprint density at radius 3 is 2.50 bits per heavy atom. The number of pyridine rings is 2. The number of benzene rings is 2. The molecule has 0 aliphatic carbocycles. The van der Waals surface area contributed by atoms with Crippen molar-refractivity contribution >= 4 is 33.9 Å². The Balaban J connectivity index is 1.52. The van der Waals surface area contributed by atoms with Crippen LogP contribution in [0.2, 0.25) is 0 Å². The fourth-order valence-corrected chi connectivity index (χ4v) is 3.50. The van der Waals surface area contributed by atoms with Crippen LogP contribution in [-0.2, 0) is 6.54 Å². The number of nitro benzene ring substituents is 1.